The van der Waals surface area contributed by atoms with Gasteiger partial charge < -0.3 is 5.32 Å². The van der Waals surface area contributed by atoms with E-state index in [1.807, 2.05) is 36.7 Å². The second-order valence-corrected chi connectivity index (χ2v) is 4.96. The summed E-state index contributed by atoms with van der Waals surface area (Å²) < 4.78 is 1.89. The van der Waals surface area contributed by atoms with Gasteiger partial charge in [-0.3, -0.25) is 4.68 Å². The van der Waals surface area contributed by atoms with Gasteiger partial charge in [-0.15, -0.1) is 0 Å². The minimum absolute atomic E-state index is 0.640. The molecule has 1 N–H and O–H groups in total. The van der Waals surface area contributed by atoms with Crippen molar-refractivity contribution in [3.63, 3.8) is 0 Å². The first kappa shape index (κ1) is 13.9. The van der Waals surface area contributed by atoms with E-state index in [4.69, 9.17) is 11.6 Å². The van der Waals surface area contributed by atoms with E-state index in [-0.39, 0.29) is 0 Å². The van der Waals surface area contributed by atoms with E-state index in [1.165, 1.54) is 0 Å². The lowest BCUT2D eigenvalue weighted by atomic mass is 10.3. The summed E-state index contributed by atoms with van der Waals surface area (Å²) in [6, 6.07) is 5.99. The smallest absolute Gasteiger partial charge is 0.126 e. The first-order chi connectivity index (χ1) is 9.11. The maximum Gasteiger partial charge on any atom is 0.126 e. The predicted molar refractivity (Wildman–Crippen MR) is 78.8 cm³/mol. The van der Waals surface area contributed by atoms with Gasteiger partial charge in [-0.1, -0.05) is 24.6 Å². The van der Waals surface area contributed by atoms with Crippen LogP contribution in [0.2, 0.25) is 5.02 Å². The maximum absolute atomic E-state index is 6.15. The SMILES string of the molecule is CCCNc1cccc(Cn2nc(C)c(Cl)c2C)n1. The van der Waals surface area contributed by atoms with Crippen LogP contribution in [0.5, 0.6) is 0 Å². The summed E-state index contributed by atoms with van der Waals surface area (Å²) in [5.74, 6) is 0.909. The van der Waals surface area contributed by atoms with E-state index in [9.17, 15) is 0 Å². The highest BCUT2D eigenvalue weighted by atomic mass is 35.5. The Morgan fingerprint density at radius 3 is 2.74 bits per heavy atom. The summed E-state index contributed by atoms with van der Waals surface area (Å²) in [6.07, 6.45) is 1.08. The van der Waals surface area contributed by atoms with Crippen LogP contribution in [0.1, 0.15) is 30.4 Å². The molecule has 0 atom stereocenters. The summed E-state index contributed by atoms with van der Waals surface area (Å²) in [4.78, 5) is 4.57. The molecule has 0 amide bonds. The van der Waals surface area contributed by atoms with Crippen molar-refractivity contribution < 1.29 is 0 Å². The fraction of sp³-hybridized carbons (Fsp3) is 0.429. The maximum atomic E-state index is 6.15. The number of nitrogens with zero attached hydrogens (tertiary/aromatic N) is 3. The number of pyridine rings is 1. The molecule has 0 aliphatic heterocycles. The van der Waals surface area contributed by atoms with Gasteiger partial charge in [-0.2, -0.15) is 5.10 Å². The van der Waals surface area contributed by atoms with Crippen LogP contribution < -0.4 is 5.32 Å². The number of nitrogens with one attached hydrogen (secondary N) is 1. The minimum atomic E-state index is 0.640. The zero-order chi connectivity index (χ0) is 13.8. The number of hydrogen-bond donors (Lipinski definition) is 1. The highest BCUT2D eigenvalue weighted by Gasteiger charge is 2.09. The molecule has 5 heteroatoms. The van der Waals surface area contributed by atoms with E-state index in [1.54, 1.807) is 0 Å². The van der Waals surface area contributed by atoms with Gasteiger partial charge in [0.2, 0.25) is 0 Å². The Bertz CT molecular complexity index is 563. The van der Waals surface area contributed by atoms with Gasteiger partial charge in [-0.05, 0) is 32.4 Å². The zero-order valence-electron chi connectivity index (χ0n) is 11.6. The van der Waals surface area contributed by atoms with Crippen molar-refractivity contribution in [1.29, 1.82) is 0 Å². The van der Waals surface area contributed by atoms with Gasteiger partial charge >= 0.3 is 0 Å². The van der Waals surface area contributed by atoms with Gasteiger partial charge in [0.05, 0.1) is 28.6 Å². The van der Waals surface area contributed by atoms with Crippen LogP contribution in [0.3, 0.4) is 0 Å². The van der Waals surface area contributed by atoms with Crippen molar-refractivity contribution in [3.05, 3.63) is 40.3 Å². The van der Waals surface area contributed by atoms with E-state index in [2.05, 4.69) is 22.3 Å². The second-order valence-electron chi connectivity index (χ2n) is 4.58. The Labute approximate surface area is 118 Å². The Morgan fingerprint density at radius 1 is 1.32 bits per heavy atom. The number of aryl methyl sites for hydroxylation is 1. The molecule has 19 heavy (non-hydrogen) atoms. The Kier molecular flexibility index (Phi) is 4.43. The molecule has 2 heterocycles. The van der Waals surface area contributed by atoms with Crippen molar-refractivity contribution in [2.24, 2.45) is 0 Å². The second kappa shape index (κ2) is 6.06. The standard InChI is InChI=1S/C14H19ClN4/c1-4-8-16-13-7-5-6-12(17-13)9-19-11(3)14(15)10(2)18-19/h5-7H,4,8-9H2,1-3H3,(H,16,17). The largest absolute Gasteiger partial charge is 0.370 e. The van der Waals surface area contributed by atoms with Gasteiger partial charge in [0.15, 0.2) is 0 Å². The quantitative estimate of drug-likeness (QED) is 0.911. The molecule has 2 rings (SSSR count). The molecule has 0 fully saturated rings. The molecule has 0 bridgehead atoms. The molecule has 2 aromatic rings. The third-order valence-electron chi connectivity index (χ3n) is 2.97. The molecular weight excluding hydrogens is 260 g/mol. The third-order valence-corrected chi connectivity index (χ3v) is 3.51. The summed E-state index contributed by atoms with van der Waals surface area (Å²) >= 11 is 6.15. The number of halogens is 1. The Hall–Kier alpha value is -1.55. The average molecular weight is 279 g/mol. The summed E-state index contributed by atoms with van der Waals surface area (Å²) in [6.45, 7) is 7.60. The molecule has 2 aromatic heterocycles. The van der Waals surface area contributed by atoms with Gasteiger partial charge in [-0.25, -0.2) is 4.98 Å². The van der Waals surface area contributed by atoms with Crippen LogP contribution in [0, 0.1) is 13.8 Å². The molecule has 0 aliphatic carbocycles. The highest BCUT2D eigenvalue weighted by molar-refractivity contribution is 6.31. The molecule has 0 saturated carbocycles. The van der Waals surface area contributed by atoms with Crippen LogP contribution in [0.15, 0.2) is 18.2 Å². The summed E-state index contributed by atoms with van der Waals surface area (Å²) in [5.41, 5.74) is 2.82. The molecule has 0 spiro atoms. The topological polar surface area (TPSA) is 42.7 Å². The van der Waals surface area contributed by atoms with Crippen molar-refractivity contribution in [2.75, 3.05) is 11.9 Å². The van der Waals surface area contributed by atoms with Gasteiger partial charge in [0.1, 0.15) is 5.82 Å². The van der Waals surface area contributed by atoms with E-state index in [0.717, 1.165) is 40.9 Å². The number of anilines is 1. The van der Waals surface area contributed by atoms with Crippen molar-refractivity contribution in [3.8, 4) is 0 Å². The minimum Gasteiger partial charge on any atom is -0.370 e. The van der Waals surface area contributed by atoms with Gasteiger partial charge in [0, 0.05) is 6.54 Å². The Morgan fingerprint density at radius 2 is 2.11 bits per heavy atom. The van der Waals surface area contributed by atoms with Gasteiger partial charge in [0.25, 0.3) is 0 Å². The van der Waals surface area contributed by atoms with Crippen LogP contribution in [0.25, 0.3) is 0 Å². The van der Waals surface area contributed by atoms with Crippen LogP contribution >= 0.6 is 11.6 Å². The number of hydrogen-bond acceptors (Lipinski definition) is 3. The monoisotopic (exact) mass is 278 g/mol. The lowest BCUT2D eigenvalue weighted by molar-refractivity contribution is 0.647. The predicted octanol–water partition coefficient (Wildman–Crippen LogP) is 3.42. The molecule has 0 unspecified atom stereocenters. The summed E-state index contributed by atoms with van der Waals surface area (Å²) in [7, 11) is 0. The molecule has 0 aromatic carbocycles. The lowest BCUT2D eigenvalue weighted by Gasteiger charge is -2.07. The van der Waals surface area contributed by atoms with Crippen LogP contribution in [-0.2, 0) is 6.54 Å². The molecular formula is C14H19ClN4. The fourth-order valence-electron chi connectivity index (χ4n) is 1.90. The molecule has 0 aliphatic rings. The van der Waals surface area contributed by atoms with Crippen molar-refractivity contribution >= 4 is 17.4 Å². The summed E-state index contributed by atoms with van der Waals surface area (Å²) in [5, 5.41) is 8.44. The average Bonchev–Trinajstić information content (AvgIpc) is 2.64. The highest BCUT2D eigenvalue weighted by Crippen LogP contribution is 2.19. The van der Waals surface area contributed by atoms with E-state index in [0.29, 0.717) is 6.54 Å². The van der Waals surface area contributed by atoms with E-state index >= 15 is 0 Å². The van der Waals surface area contributed by atoms with Crippen LogP contribution in [0.4, 0.5) is 5.82 Å². The molecule has 4 nitrogen and oxygen atoms in total. The normalized spacial score (nSPS) is 10.7. The molecule has 0 radical (unpaired) electrons. The van der Waals surface area contributed by atoms with E-state index < -0.39 is 0 Å². The fourth-order valence-corrected chi connectivity index (χ4v) is 2.04. The molecule has 0 saturated heterocycles. The third kappa shape index (κ3) is 3.26. The first-order valence-electron chi connectivity index (χ1n) is 6.51. The zero-order valence-corrected chi connectivity index (χ0v) is 12.3. The molecule has 102 valence electrons. The first-order valence-corrected chi connectivity index (χ1v) is 6.89. The Balaban J connectivity index is 2.16. The van der Waals surface area contributed by atoms with Crippen molar-refractivity contribution in [1.82, 2.24) is 14.8 Å². The van der Waals surface area contributed by atoms with Crippen molar-refractivity contribution in [2.45, 2.75) is 33.7 Å². The number of rotatable bonds is 5. The van der Waals surface area contributed by atoms with Crippen LogP contribution in [-0.4, -0.2) is 21.3 Å². The lowest BCUT2D eigenvalue weighted by Crippen LogP contribution is -2.08. The number of aromatic nitrogens is 3.